The Morgan fingerprint density at radius 3 is 2.52 bits per heavy atom. The smallest absolute Gasteiger partial charge is 0.331 e. The van der Waals surface area contributed by atoms with E-state index < -0.39 is 59.5 Å². The number of hydrogen-bond donors (Lipinski definition) is 3. The third-order valence-corrected chi connectivity index (χ3v) is 12.4. The largest absolute Gasteiger partial charge is 0.458 e. The van der Waals surface area contributed by atoms with E-state index in [0.29, 0.717) is 18.4 Å². The molecule has 0 bridgehead atoms. The molecule has 222 valence electrons. The topological polar surface area (TPSA) is 141 Å². The van der Waals surface area contributed by atoms with Gasteiger partial charge < -0.3 is 39.0 Å². The molecule has 40 heavy (non-hydrogen) atoms. The molecule has 0 aromatic heterocycles. The number of Topliss-reactive ketones (excluding diaryl/α,β-unsaturated/α-hetero) is 1. The van der Waals surface area contributed by atoms with Crippen LogP contribution in [0.15, 0.2) is 11.6 Å². The van der Waals surface area contributed by atoms with Crippen LogP contribution < -0.4 is 0 Å². The predicted molar refractivity (Wildman–Crippen MR) is 138 cm³/mol. The van der Waals surface area contributed by atoms with Crippen LogP contribution in [0, 0.1) is 34.5 Å². The highest BCUT2D eigenvalue weighted by Gasteiger charge is 2.81. The van der Waals surface area contributed by atoms with Crippen molar-refractivity contribution < 1.29 is 48.6 Å². The minimum Gasteiger partial charge on any atom is -0.458 e. The number of cyclic esters (lactones) is 1. The molecule has 15 atom stereocenters. The van der Waals surface area contributed by atoms with Crippen molar-refractivity contribution in [1.82, 2.24) is 0 Å². The highest BCUT2D eigenvalue weighted by Crippen LogP contribution is 2.72. The molecule has 3 N–H and O–H groups in total. The number of rotatable bonds is 4. The molecule has 4 saturated carbocycles. The van der Waals surface area contributed by atoms with Gasteiger partial charge in [0.15, 0.2) is 12.1 Å². The van der Waals surface area contributed by atoms with Crippen molar-refractivity contribution in [2.75, 3.05) is 13.7 Å². The summed E-state index contributed by atoms with van der Waals surface area (Å²) in [5.41, 5.74) is -2.34. The predicted octanol–water partition coefficient (Wildman–Crippen LogP) is 1.28. The van der Waals surface area contributed by atoms with Crippen molar-refractivity contribution >= 4 is 11.8 Å². The van der Waals surface area contributed by atoms with E-state index in [1.165, 1.54) is 6.08 Å². The molecule has 0 aromatic rings. The van der Waals surface area contributed by atoms with Crippen LogP contribution in [-0.4, -0.2) is 95.4 Å². The summed E-state index contributed by atoms with van der Waals surface area (Å²) >= 11 is 0. The third kappa shape index (κ3) is 3.41. The third-order valence-electron chi connectivity index (χ3n) is 12.4. The van der Waals surface area contributed by atoms with Gasteiger partial charge in [-0.2, -0.15) is 0 Å². The summed E-state index contributed by atoms with van der Waals surface area (Å²) in [6.07, 6.45) is 1.23. The Morgan fingerprint density at radius 1 is 1.05 bits per heavy atom. The van der Waals surface area contributed by atoms with Gasteiger partial charge in [-0.25, -0.2) is 4.79 Å². The number of hydrogen-bond acceptors (Lipinski definition) is 10. The monoisotopic (exact) mass is 562 g/mol. The van der Waals surface area contributed by atoms with Gasteiger partial charge in [0, 0.05) is 37.4 Å². The van der Waals surface area contributed by atoms with Gasteiger partial charge >= 0.3 is 5.97 Å². The quantitative estimate of drug-likeness (QED) is 0.339. The van der Waals surface area contributed by atoms with E-state index in [9.17, 15) is 24.9 Å². The lowest BCUT2D eigenvalue weighted by Crippen LogP contribution is -2.72. The van der Waals surface area contributed by atoms with Crippen molar-refractivity contribution in [2.24, 2.45) is 34.5 Å². The molecule has 10 nitrogen and oxygen atoms in total. The molecule has 0 radical (unpaired) electrons. The number of esters is 1. The molecular formula is C30H42O10. The Hall–Kier alpha value is -1.40. The van der Waals surface area contributed by atoms with Crippen LogP contribution in [0.3, 0.4) is 0 Å². The van der Waals surface area contributed by atoms with Crippen LogP contribution in [0.25, 0.3) is 0 Å². The molecule has 2 saturated heterocycles. The molecule has 3 heterocycles. The Bertz CT molecular complexity index is 1120. The normalized spacial score (nSPS) is 56.9. The number of ketones is 1. The average molecular weight is 563 g/mol. The Kier molecular flexibility index (Phi) is 6.21. The van der Waals surface area contributed by atoms with Crippen molar-refractivity contribution in [1.29, 1.82) is 0 Å². The first-order valence-corrected chi connectivity index (χ1v) is 14.9. The maximum atomic E-state index is 14.2. The second-order valence-electron chi connectivity index (χ2n) is 13.9. The number of fused-ring (bicyclic) bond motifs is 2. The number of carbonyl (C=O) groups excluding carboxylic acids is 2. The molecule has 0 unspecified atom stereocenters. The van der Waals surface area contributed by atoms with Gasteiger partial charge in [0.25, 0.3) is 0 Å². The van der Waals surface area contributed by atoms with Gasteiger partial charge in [0.2, 0.25) is 0 Å². The van der Waals surface area contributed by atoms with Gasteiger partial charge in [0.1, 0.15) is 24.4 Å². The molecule has 7 aliphatic rings. The second-order valence-corrected chi connectivity index (χ2v) is 13.9. The first-order valence-electron chi connectivity index (χ1n) is 14.9. The molecule has 4 aliphatic carbocycles. The number of aliphatic hydroxyl groups excluding tert-OH is 2. The number of carbonyl (C=O) groups is 2. The summed E-state index contributed by atoms with van der Waals surface area (Å²) in [4.78, 5) is 26.0. The van der Waals surface area contributed by atoms with E-state index in [1.807, 2.05) is 6.92 Å². The van der Waals surface area contributed by atoms with Crippen molar-refractivity contribution in [3.8, 4) is 0 Å². The fraction of sp³-hybridized carbons (Fsp3) is 0.867. The standard InChI is InChI=1S/C30H42O10/c1-13-25(32)19(36-4)11-22(38-13)39-16-5-6-28(2)15(8-16)9-18-23-24(28)26(33)27(34)29(3)17(14-7-21(31)37-12-14)10-20(40-18)30(23,29)35/h7,13,15-20,22-26,32-33,35H,5-6,8-12H2,1-4H3/t13-,15-,16-,17-,18-,19-,20+,22+,23-,24+,25-,26-,28-,29-,30-/m1/s1. The van der Waals surface area contributed by atoms with Gasteiger partial charge in [-0.15, -0.1) is 0 Å². The first-order chi connectivity index (χ1) is 18.9. The molecule has 3 aliphatic heterocycles. The summed E-state index contributed by atoms with van der Waals surface area (Å²) in [7, 11) is 1.58. The Labute approximate surface area is 234 Å². The highest BCUT2D eigenvalue weighted by molar-refractivity contribution is 5.94. The van der Waals surface area contributed by atoms with E-state index in [2.05, 4.69) is 6.92 Å². The number of ether oxygens (including phenoxy) is 5. The van der Waals surface area contributed by atoms with Crippen LogP contribution in [0.1, 0.15) is 59.3 Å². The molecular weight excluding hydrogens is 520 g/mol. The van der Waals surface area contributed by atoms with Crippen LogP contribution in [0.5, 0.6) is 0 Å². The summed E-state index contributed by atoms with van der Waals surface area (Å²) in [5, 5.41) is 34.6. The van der Waals surface area contributed by atoms with Crippen molar-refractivity contribution in [3.63, 3.8) is 0 Å². The second kappa shape index (κ2) is 9.05. The zero-order chi connectivity index (χ0) is 28.4. The maximum Gasteiger partial charge on any atom is 0.331 e. The Balaban J connectivity index is 1.15. The average Bonchev–Trinajstić information content (AvgIpc) is 3.53. The SMILES string of the molecule is CO[C@@H]1C[C@H](O[C@@H]2CC[C@]3(C)[C@H](C2)C[C@H]2O[C@H]4C[C@H](C5=CC(=O)OC5)[C@]5(C)C(=O)[C@H](O)[C@@H]3[C@@H]2[C@]45O)O[C@H](C)[C@H]1O. The van der Waals surface area contributed by atoms with E-state index in [0.717, 1.165) is 25.7 Å². The zero-order valence-electron chi connectivity index (χ0n) is 23.7. The zero-order valence-corrected chi connectivity index (χ0v) is 23.7. The van der Waals surface area contributed by atoms with Crippen LogP contribution >= 0.6 is 0 Å². The highest BCUT2D eigenvalue weighted by atomic mass is 16.7. The van der Waals surface area contributed by atoms with E-state index in [4.69, 9.17) is 23.7 Å². The minimum atomic E-state index is -1.42. The van der Waals surface area contributed by atoms with E-state index >= 15 is 0 Å². The van der Waals surface area contributed by atoms with Crippen LogP contribution in [-0.2, 0) is 33.3 Å². The molecule has 0 spiro atoms. The number of aliphatic hydroxyl groups is 3. The minimum absolute atomic E-state index is 0.0681. The van der Waals surface area contributed by atoms with Crippen LogP contribution in [0.2, 0.25) is 0 Å². The summed E-state index contributed by atoms with van der Waals surface area (Å²) in [6.45, 7) is 5.86. The number of methoxy groups -OCH3 is 1. The maximum absolute atomic E-state index is 14.2. The van der Waals surface area contributed by atoms with Gasteiger partial charge in [0.05, 0.1) is 35.9 Å². The molecule has 0 amide bonds. The van der Waals surface area contributed by atoms with Crippen molar-refractivity contribution in [2.45, 2.75) is 114 Å². The summed E-state index contributed by atoms with van der Waals surface area (Å²) in [5.74, 6) is -1.86. The lowest BCUT2D eigenvalue weighted by atomic mass is 9.42. The molecule has 10 heteroatoms. The molecule has 6 fully saturated rings. The lowest BCUT2D eigenvalue weighted by Gasteiger charge is -2.63. The van der Waals surface area contributed by atoms with Gasteiger partial charge in [-0.1, -0.05) is 6.92 Å². The summed E-state index contributed by atoms with van der Waals surface area (Å²) in [6, 6.07) is 0. The molecule has 7 rings (SSSR count). The fourth-order valence-electron chi connectivity index (χ4n) is 10.3. The first kappa shape index (κ1) is 27.4. The summed E-state index contributed by atoms with van der Waals surface area (Å²) < 4.78 is 29.6. The Morgan fingerprint density at radius 2 is 1.82 bits per heavy atom. The molecule has 0 aromatic carbocycles. The van der Waals surface area contributed by atoms with Gasteiger partial charge in [-0.05, 0) is 62.9 Å². The van der Waals surface area contributed by atoms with Crippen molar-refractivity contribution in [3.05, 3.63) is 11.6 Å². The van der Waals surface area contributed by atoms with Crippen LogP contribution in [0.4, 0.5) is 0 Å². The fourth-order valence-corrected chi connectivity index (χ4v) is 10.3. The van der Waals surface area contributed by atoms with Gasteiger partial charge in [-0.3, -0.25) is 4.79 Å². The van der Waals surface area contributed by atoms with E-state index in [-0.39, 0.29) is 48.0 Å². The lowest BCUT2D eigenvalue weighted by molar-refractivity contribution is -0.274. The van der Waals surface area contributed by atoms with E-state index in [1.54, 1.807) is 14.0 Å².